The molecule has 1 aliphatic rings. The maximum atomic E-state index is 3.22. The van der Waals surface area contributed by atoms with E-state index in [4.69, 9.17) is 0 Å². The predicted molar refractivity (Wildman–Crippen MR) is 31.2 cm³/mol. The van der Waals surface area contributed by atoms with Crippen molar-refractivity contribution in [3.05, 3.63) is 0 Å². The van der Waals surface area contributed by atoms with Gasteiger partial charge in [-0.3, -0.25) is 0 Å². The summed E-state index contributed by atoms with van der Waals surface area (Å²) in [5, 5.41) is 3.22. The van der Waals surface area contributed by atoms with E-state index in [-0.39, 0.29) is 21.6 Å². The van der Waals surface area contributed by atoms with Crippen molar-refractivity contribution in [1.29, 1.82) is 0 Å². The molecule has 1 N–H and O–H groups in total. The minimum Gasteiger partial charge on any atom is -1.00 e. The average molecular weight is 101 g/mol. The van der Waals surface area contributed by atoms with Crippen LogP contribution < -0.4 is 5.32 Å². The van der Waals surface area contributed by atoms with Crippen molar-refractivity contribution < 1.29 is 4.28 Å². The second kappa shape index (κ2) is 3.67. The van der Waals surface area contributed by atoms with Crippen molar-refractivity contribution in [3.63, 3.8) is 0 Å². The van der Waals surface area contributed by atoms with E-state index in [1.165, 1.54) is 25.9 Å². The Morgan fingerprint density at radius 1 is 1.17 bits per heavy atom. The van der Waals surface area contributed by atoms with E-state index >= 15 is 0 Å². The predicted octanol–water partition coefficient (Wildman–Crippen LogP) is 0.327. The smallest absolute Gasteiger partial charge is 1.00 e. The molecule has 0 atom stereocenters. The number of nitrogens with one attached hydrogen (secondary N) is 1. The minimum atomic E-state index is 0. The van der Waals surface area contributed by atoms with Crippen LogP contribution in [0.2, 0.25) is 0 Å². The van der Waals surface area contributed by atoms with E-state index in [0.717, 1.165) is 0 Å². The van der Waals surface area contributed by atoms with Crippen LogP contribution in [0.15, 0.2) is 0 Å². The van der Waals surface area contributed by atoms with E-state index in [0.29, 0.717) is 0 Å². The molecule has 1 nitrogen and oxygen atoms in total. The standard InChI is InChI=1S/C4H9N.Al.3H/c1-2-4-5-3-1;;;;/h5H,1-4H2;;;;/q;+3;3*-1. The summed E-state index contributed by atoms with van der Waals surface area (Å²) in [6.07, 6.45) is 2.78. The molecule has 1 rings (SSSR count). The summed E-state index contributed by atoms with van der Waals surface area (Å²) in [5.74, 6) is 0. The van der Waals surface area contributed by atoms with Gasteiger partial charge in [0.15, 0.2) is 0 Å². The van der Waals surface area contributed by atoms with E-state index in [2.05, 4.69) is 5.32 Å². The van der Waals surface area contributed by atoms with Crippen molar-refractivity contribution >= 4 is 17.4 Å². The molecule has 0 spiro atoms. The first-order valence-electron chi connectivity index (χ1n) is 2.21. The molecule has 1 aliphatic heterocycles. The summed E-state index contributed by atoms with van der Waals surface area (Å²) in [6, 6.07) is 0. The first-order valence-corrected chi connectivity index (χ1v) is 2.21. The Morgan fingerprint density at radius 2 is 1.67 bits per heavy atom. The van der Waals surface area contributed by atoms with Crippen LogP contribution in [0.3, 0.4) is 0 Å². The molecule has 1 fully saturated rings. The Labute approximate surface area is 53.7 Å². The van der Waals surface area contributed by atoms with Crippen LogP contribution in [-0.4, -0.2) is 30.5 Å². The van der Waals surface area contributed by atoms with Gasteiger partial charge in [-0.25, -0.2) is 0 Å². The van der Waals surface area contributed by atoms with Crippen molar-refractivity contribution in [2.24, 2.45) is 0 Å². The zero-order chi connectivity index (χ0) is 3.54. The van der Waals surface area contributed by atoms with Gasteiger partial charge < -0.3 is 9.60 Å². The first kappa shape index (κ1) is 6.49. The summed E-state index contributed by atoms with van der Waals surface area (Å²) in [7, 11) is 0. The first-order chi connectivity index (χ1) is 2.50. The molecule has 0 radical (unpaired) electrons. The third kappa shape index (κ3) is 1.82. The molecular weight excluding hydrogens is 89.0 g/mol. The molecule has 0 aromatic heterocycles. The van der Waals surface area contributed by atoms with Gasteiger partial charge in [0.05, 0.1) is 0 Å². The molecule has 0 unspecified atom stereocenters. The van der Waals surface area contributed by atoms with Crippen LogP contribution in [0.1, 0.15) is 17.1 Å². The monoisotopic (exact) mass is 101 g/mol. The Hall–Kier alpha value is 0.492. The fourth-order valence-electron chi connectivity index (χ4n) is 0.625. The minimum absolute atomic E-state index is 0. The van der Waals surface area contributed by atoms with Crippen molar-refractivity contribution in [3.8, 4) is 0 Å². The van der Waals surface area contributed by atoms with Gasteiger partial charge in [-0.2, -0.15) is 0 Å². The summed E-state index contributed by atoms with van der Waals surface area (Å²) in [5.41, 5.74) is 0. The molecular formula is C4H12AlN. The molecule has 0 amide bonds. The van der Waals surface area contributed by atoms with Gasteiger partial charge in [-0.1, -0.05) is 0 Å². The van der Waals surface area contributed by atoms with Gasteiger partial charge >= 0.3 is 17.4 Å². The van der Waals surface area contributed by atoms with Gasteiger partial charge in [0.2, 0.25) is 0 Å². The Balaban J connectivity index is -0.0000000312. The molecule has 1 saturated heterocycles. The van der Waals surface area contributed by atoms with E-state index in [9.17, 15) is 0 Å². The van der Waals surface area contributed by atoms with Crippen molar-refractivity contribution in [2.45, 2.75) is 12.8 Å². The van der Waals surface area contributed by atoms with Crippen molar-refractivity contribution in [1.82, 2.24) is 5.32 Å². The van der Waals surface area contributed by atoms with Gasteiger partial charge in [-0.15, -0.1) is 0 Å². The normalized spacial score (nSPS) is 20.0. The maximum Gasteiger partial charge on any atom is 3.00 e. The molecule has 0 aromatic carbocycles. The van der Waals surface area contributed by atoms with Gasteiger partial charge in [0, 0.05) is 0 Å². The largest absolute Gasteiger partial charge is 3.00 e. The Bertz CT molecular complexity index is 27.4. The third-order valence-corrected chi connectivity index (χ3v) is 0.957. The molecule has 1 heterocycles. The van der Waals surface area contributed by atoms with Crippen molar-refractivity contribution in [2.75, 3.05) is 13.1 Å². The summed E-state index contributed by atoms with van der Waals surface area (Å²) >= 11 is 0. The van der Waals surface area contributed by atoms with Gasteiger partial charge in [0.1, 0.15) is 0 Å². The molecule has 0 saturated carbocycles. The van der Waals surface area contributed by atoms with Crippen LogP contribution in [0.4, 0.5) is 0 Å². The molecule has 36 valence electrons. The van der Waals surface area contributed by atoms with Gasteiger partial charge in [-0.05, 0) is 25.9 Å². The zero-order valence-electron chi connectivity index (χ0n) is 6.91. The fourth-order valence-corrected chi connectivity index (χ4v) is 0.625. The van der Waals surface area contributed by atoms with E-state index in [1.807, 2.05) is 0 Å². The number of hydrogen-bond donors (Lipinski definition) is 1. The molecule has 2 heteroatoms. The van der Waals surface area contributed by atoms with Crippen LogP contribution in [0, 0.1) is 0 Å². The Kier molecular flexibility index (Phi) is 3.98. The molecule has 6 heavy (non-hydrogen) atoms. The topological polar surface area (TPSA) is 12.0 Å². The summed E-state index contributed by atoms with van der Waals surface area (Å²) < 4.78 is 0. The number of hydrogen-bond acceptors (Lipinski definition) is 1. The quantitative estimate of drug-likeness (QED) is 0.433. The third-order valence-electron chi connectivity index (χ3n) is 0.957. The Morgan fingerprint density at radius 3 is 1.83 bits per heavy atom. The average Bonchev–Trinajstić information content (AvgIpc) is 1.76. The molecule has 0 bridgehead atoms. The SMILES string of the molecule is C1CCNC1.[Al+3].[H-].[H-].[H-]. The second-order valence-corrected chi connectivity index (χ2v) is 1.46. The molecule has 0 aromatic rings. The zero-order valence-corrected chi connectivity index (χ0v) is 5.06. The molecule has 0 aliphatic carbocycles. The van der Waals surface area contributed by atoms with Crippen LogP contribution in [0.5, 0.6) is 0 Å². The fraction of sp³-hybridized carbons (Fsp3) is 1.00. The summed E-state index contributed by atoms with van der Waals surface area (Å²) in [4.78, 5) is 0. The van der Waals surface area contributed by atoms with Crippen LogP contribution in [0.25, 0.3) is 0 Å². The maximum absolute atomic E-state index is 3.22. The van der Waals surface area contributed by atoms with E-state index in [1.54, 1.807) is 0 Å². The second-order valence-electron chi connectivity index (χ2n) is 1.46. The summed E-state index contributed by atoms with van der Waals surface area (Å²) in [6.45, 7) is 2.50. The van der Waals surface area contributed by atoms with Crippen LogP contribution in [-0.2, 0) is 0 Å². The number of rotatable bonds is 0. The van der Waals surface area contributed by atoms with Gasteiger partial charge in [0.25, 0.3) is 0 Å². The van der Waals surface area contributed by atoms with E-state index < -0.39 is 0 Å². The van der Waals surface area contributed by atoms with Crippen LogP contribution >= 0.6 is 0 Å².